The lowest BCUT2D eigenvalue weighted by Crippen LogP contribution is -2.22. The highest BCUT2D eigenvalue weighted by molar-refractivity contribution is 8.68. The second kappa shape index (κ2) is 3.90. The molecule has 0 atom stereocenters. The Morgan fingerprint density at radius 3 is 2.93 bits per heavy atom. The molecule has 2 rings (SSSR count). The van der Waals surface area contributed by atoms with Gasteiger partial charge in [0.2, 0.25) is 0 Å². The monoisotopic (exact) mass is 242 g/mol. The van der Waals surface area contributed by atoms with E-state index in [9.17, 15) is 4.79 Å². The van der Waals surface area contributed by atoms with Crippen molar-refractivity contribution in [1.29, 1.82) is 0 Å². The van der Waals surface area contributed by atoms with Crippen LogP contribution in [0.2, 0.25) is 0 Å². The number of fused-ring (bicyclic) bond motifs is 1. The van der Waals surface area contributed by atoms with Gasteiger partial charge in [-0.25, -0.2) is 9.50 Å². The van der Waals surface area contributed by atoms with Crippen LogP contribution in [-0.2, 0) is 5.88 Å². The molecule has 15 heavy (non-hydrogen) atoms. The van der Waals surface area contributed by atoms with Gasteiger partial charge in [0.15, 0.2) is 5.52 Å². The molecule has 2 aromatic rings. The zero-order valence-corrected chi connectivity index (χ0v) is 10.0. The van der Waals surface area contributed by atoms with Crippen molar-refractivity contribution in [1.82, 2.24) is 19.2 Å². The molecule has 80 valence electrons. The molecule has 0 radical (unpaired) electrons. The highest BCUT2D eigenvalue weighted by Gasteiger charge is 2.10. The molecule has 0 saturated carbocycles. The second-order valence-electron chi connectivity index (χ2n) is 3.17. The predicted molar refractivity (Wildman–Crippen MR) is 63.3 cm³/mol. The maximum Gasteiger partial charge on any atom is 0.280 e. The molecular weight excluding hydrogens is 232 g/mol. The van der Waals surface area contributed by atoms with Crippen LogP contribution in [0.5, 0.6) is 0 Å². The zero-order chi connectivity index (χ0) is 11.0. The summed E-state index contributed by atoms with van der Waals surface area (Å²) < 4.78 is 3.08. The second-order valence-corrected chi connectivity index (χ2v) is 4.46. The molecule has 0 amide bonds. The minimum Gasteiger partial charge on any atom is -0.285 e. The molecule has 0 spiro atoms. The van der Waals surface area contributed by atoms with Gasteiger partial charge < -0.3 is 0 Å². The van der Waals surface area contributed by atoms with Crippen molar-refractivity contribution in [2.24, 2.45) is 0 Å². The van der Waals surface area contributed by atoms with Gasteiger partial charge in [0.25, 0.3) is 5.56 Å². The lowest BCUT2D eigenvalue weighted by Gasteiger charge is -2.02. The SMILES string of the molecule is Cc1nc(C)n2ncn(CSS)c(=O)c12. The zero-order valence-electron chi connectivity index (χ0n) is 8.34. The van der Waals surface area contributed by atoms with Crippen molar-refractivity contribution < 1.29 is 0 Å². The highest BCUT2D eigenvalue weighted by Crippen LogP contribution is 2.09. The van der Waals surface area contributed by atoms with Crippen molar-refractivity contribution in [3.63, 3.8) is 0 Å². The molecule has 5 nitrogen and oxygen atoms in total. The lowest BCUT2D eigenvalue weighted by molar-refractivity contribution is 0.741. The van der Waals surface area contributed by atoms with E-state index in [4.69, 9.17) is 0 Å². The third-order valence-electron chi connectivity index (χ3n) is 2.16. The molecule has 2 aromatic heterocycles. The number of aryl methyl sites for hydroxylation is 2. The van der Waals surface area contributed by atoms with E-state index in [0.29, 0.717) is 17.1 Å². The summed E-state index contributed by atoms with van der Waals surface area (Å²) in [4.78, 5) is 16.2. The van der Waals surface area contributed by atoms with Gasteiger partial charge in [-0.3, -0.25) is 9.36 Å². The quantitative estimate of drug-likeness (QED) is 0.631. The summed E-state index contributed by atoms with van der Waals surface area (Å²) >= 11 is 4.01. The largest absolute Gasteiger partial charge is 0.285 e. The fraction of sp³-hybridized carbons (Fsp3) is 0.375. The minimum absolute atomic E-state index is 0.0790. The summed E-state index contributed by atoms with van der Waals surface area (Å²) in [6.07, 6.45) is 1.51. The highest BCUT2D eigenvalue weighted by atomic mass is 33.1. The van der Waals surface area contributed by atoms with Crippen LogP contribution in [0.25, 0.3) is 5.52 Å². The van der Waals surface area contributed by atoms with Crippen molar-refractivity contribution in [3.8, 4) is 0 Å². The van der Waals surface area contributed by atoms with Crippen LogP contribution in [-0.4, -0.2) is 19.2 Å². The molecule has 0 N–H and O–H groups in total. The summed E-state index contributed by atoms with van der Waals surface area (Å²) in [5.74, 6) is 1.21. The van der Waals surface area contributed by atoms with Gasteiger partial charge >= 0.3 is 0 Å². The first-order valence-electron chi connectivity index (χ1n) is 4.33. The average Bonchev–Trinajstić information content (AvgIpc) is 2.47. The molecule has 0 saturated heterocycles. The van der Waals surface area contributed by atoms with Crippen LogP contribution in [0.15, 0.2) is 11.1 Å². The van der Waals surface area contributed by atoms with E-state index >= 15 is 0 Å². The summed E-state index contributed by atoms with van der Waals surface area (Å²) in [7, 11) is 1.28. The first-order valence-corrected chi connectivity index (χ1v) is 6.36. The number of hydrogen-bond acceptors (Lipinski definition) is 5. The van der Waals surface area contributed by atoms with Crippen molar-refractivity contribution in [2.45, 2.75) is 19.7 Å². The van der Waals surface area contributed by atoms with Crippen LogP contribution in [0.3, 0.4) is 0 Å². The molecule has 0 unspecified atom stereocenters. The average molecular weight is 242 g/mol. The molecule has 0 bridgehead atoms. The fourth-order valence-electron chi connectivity index (χ4n) is 1.50. The summed E-state index contributed by atoms with van der Waals surface area (Å²) in [5, 5.41) is 4.15. The van der Waals surface area contributed by atoms with Crippen LogP contribution in [0.4, 0.5) is 0 Å². The third kappa shape index (κ3) is 1.65. The molecule has 7 heteroatoms. The number of nitrogens with zero attached hydrogens (tertiary/aromatic N) is 4. The number of imidazole rings is 1. The molecule has 2 heterocycles. The Balaban J connectivity index is 2.78. The molecule has 0 aliphatic heterocycles. The van der Waals surface area contributed by atoms with E-state index in [1.54, 1.807) is 4.52 Å². The van der Waals surface area contributed by atoms with Gasteiger partial charge in [-0.15, -0.1) is 11.7 Å². The number of thiol groups is 1. The summed E-state index contributed by atoms with van der Waals surface area (Å²) in [5.41, 5.74) is 1.17. The maximum atomic E-state index is 12.0. The third-order valence-corrected chi connectivity index (χ3v) is 2.90. The van der Waals surface area contributed by atoms with Crippen molar-refractivity contribution >= 4 is 28.0 Å². The first kappa shape index (κ1) is 10.6. The van der Waals surface area contributed by atoms with Gasteiger partial charge in [-0.2, -0.15) is 5.10 Å². The van der Waals surface area contributed by atoms with Gasteiger partial charge in [0.05, 0.1) is 11.6 Å². The Morgan fingerprint density at radius 2 is 2.27 bits per heavy atom. The first-order chi connectivity index (χ1) is 7.15. The molecule has 0 fully saturated rings. The van der Waals surface area contributed by atoms with Gasteiger partial charge in [-0.05, 0) is 13.8 Å². The van der Waals surface area contributed by atoms with E-state index < -0.39 is 0 Å². The minimum atomic E-state index is -0.0790. The van der Waals surface area contributed by atoms with E-state index in [1.165, 1.54) is 21.7 Å². The van der Waals surface area contributed by atoms with Crippen LogP contribution < -0.4 is 5.56 Å². The Kier molecular flexibility index (Phi) is 2.74. The Hall–Kier alpha value is -0.950. The van der Waals surface area contributed by atoms with Crippen molar-refractivity contribution in [2.75, 3.05) is 0 Å². The number of rotatable bonds is 2. The van der Waals surface area contributed by atoms with Crippen LogP contribution in [0.1, 0.15) is 11.5 Å². The van der Waals surface area contributed by atoms with E-state index in [-0.39, 0.29) is 5.56 Å². The topological polar surface area (TPSA) is 52.2 Å². The maximum absolute atomic E-state index is 12.0. The Bertz CT molecular complexity index is 560. The molecule has 0 aromatic carbocycles. The van der Waals surface area contributed by atoms with E-state index in [1.807, 2.05) is 13.8 Å². The summed E-state index contributed by atoms with van der Waals surface area (Å²) in [6, 6.07) is 0. The van der Waals surface area contributed by atoms with E-state index in [2.05, 4.69) is 21.7 Å². The van der Waals surface area contributed by atoms with Gasteiger partial charge in [0.1, 0.15) is 12.2 Å². The van der Waals surface area contributed by atoms with Crippen LogP contribution >= 0.6 is 22.5 Å². The smallest absolute Gasteiger partial charge is 0.280 e. The predicted octanol–water partition coefficient (Wildman–Crippen LogP) is 1.04. The number of aromatic nitrogens is 4. The summed E-state index contributed by atoms with van der Waals surface area (Å²) in [6.45, 7) is 3.63. The van der Waals surface area contributed by atoms with Gasteiger partial charge in [-0.1, -0.05) is 10.8 Å². The Morgan fingerprint density at radius 1 is 1.53 bits per heavy atom. The standard InChI is InChI=1S/C8H10N4OS2/c1-5-7-8(13)11(4-15-14)3-9-12(7)6(2)10-5/h3,14H,4H2,1-2H3. The fourth-order valence-corrected chi connectivity index (χ4v) is 2.18. The molecule has 0 aliphatic rings. The molecule has 0 aliphatic carbocycles. The van der Waals surface area contributed by atoms with Crippen LogP contribution in [0, 0.1) is 13.8 Å². The lowest BCUT2D eigenvalue weighted by atomic mass is 10.4. The van der Waals surface area contributed by atoms with Crippen molar-refractivity contribution in [3.05, 3.63) is 28.2 Å². The Labute approximate surface area is 95.3 Å². The van der Waals surface area contributed by atoms with E-state index in [0.717, 1.165) is 5.82 Å². The molecular formula is C8H10N4OS2. The van der Waals surface area contributed by atoms with Gasteiger partial charge in [0, 0.05) is 0 Å². The number of hydrogen-bond donors (Lipinski definition) is 1. The normalized spacial score (nSPS) is 11.1.